The second-order valence-corrected chi connectivity index (χ2v) is 5.67. The van der Waals surface area contributed by atoms with E-state index in [0.717, 1.165) is 13.0 Å². The molecule has 1 aromatic carbocycles. The zero-order chi connectivity index (χ0) is 13.7. The van der Waals surface area contributed by atoms with Gasteiger partial charge in [-0.15, -0.1) is 0 Å². The minimum absolute atomic E-state index is 0.138. The Morgan fingerprint density at radius 2 is 2.21 bits per heavy atom. The minimum Gasteiger partial charge on any atom is -0.310 e. The van der Waals surface area contributed by atoms with Gasteiger partial charge in [0, 0.05) is 6.04 Å². The molecule has 4 heteroatoms. The van der Waals surface area contributed by atoms with E-state index in [4.69, 9.17) is 11.6 Å². The monoisotopic (exact) mass is 297 g/mol. The Labute approximate surface area is 122 Å². The highest BCUT2D eigenvalue weighted by atomic mass is 35.5. The largest absolute Gasteiger partial charge is 0.310 e. The van der Waals surface area contributed by atoms with Crippen LogP contribution in [0.3, 0.4) is 0 Å². The highest BCUT2D eigenvalue weighted by Crippen LogP contribution is 2.25. The van der Waals surface area contributed by atoms with E-state index in [-0.39, 0.29) is 16.9 Å². The molecule has 0 aliphatic carbocycles. The Hall–Kier alpha value is -0.900. The van der Waals surface area contributed by atoms with Crippen molar-refractivity contribution in [2.75, 3.05) is 6.54 Å². The van der Waals surface area contributed by atoms with Crippen molar-refractivity contribution in [2.24, 2.45) is 0 Å². The van der Waals surface area contributed by atoms with E-state index in [2.05, 4.69) is 23.7 Å². The SMILES string of the molecule is CCCNC(Cc1cccc(Cl)c1F)c1ccsc1. The van der Waals surface area contributed by atoms with Gasteiger partial charge >= 0.3 is 0 Å². The van der Waals surface area contributed by atoms with Crippen molar-refractivity contribution in [3.05, 3.63) is 57.0 Å². The molecule has 2 rings (SSSR count). The molecule has 0 fully saturated rings. The van der Waals surface area contributed by atoms with E-state index >= 15 is 0 Å². The van der Waals surface area contributed by atoms with E-state index in [1.807, 2.05) is 5.38 Å². The van der Waals surface area contributed by atoms with Gasteiger partial charge in [-0.2, -0.15) is 11.3 Å². The smallest absolute Gasteiger partial charge is 0.145 e. The summed E-state index contributed by atoms with van der Waals surface area (Å²) in [7, 11) is 0. The van der Waals surface area contributed by atoms with Crippen LogP contribution in [-0.4, -0.2) is 6.54 Å². The summed E-state index contributed by atoms with van der Waals surface area (Å²) >= 11 is 7.49. The number of hydrogen-bond donors (Lipinski definition) is 1. The van der Waals surface area contributed by atoms with Crippen molar-refractivity contribution in [1.29, 1.82) is 0 Å². The third-order valence-electron chi connectivity index (χ3n) is 3.04. The predicted molar refractivity (Wildman–Crippen MR) is 80.5 cm³/mol. The van der Waals surface area contributed by atoms with Crippen LogP contribution in [0.25, 0.3) is 0 Å². The molecule has 1 atom stereocenters. The standard InChI is InChI=1S/C15H17ClFNS/c1-2-7-18-14(12-6-8-19-10-12)9-11-4-3-5-13(16)15(11)17/h3-6,8,10,14,18H,2,7,9H2,1H3. The molecule has 0 amide bonds. The lowest BCUT2D eigenvalue weighted by Crippen LogP contribution is -2.24. The first-order valence-electron chi connectivity index (χ1n) is 6.40. The molecule has 1 heterocycles. The Bertz CT molecular complexity index is 513. The van der Waals surface area contributed by atoms with Gasteiger partial charge in [0.25, 0.3) is 0 Å². The van der Waals surface area contributed by atoms with Gasteiger partial charge in [0.1, 0.15) is 5.82 Å². The molecule has 0 radical (unpaired) electrons. The summed E-state index contributed by atoms with van der Waals surface area (Å²) in [5.74, 6) is -0.303. The van der Waals surface area contributed by atoms with Crippen LogP contribution >= 0.6 is 22.9 Å². The summed E-state index contributed by atoms with van der Waals surface area (Å²) in [6.07, 6.45) is 1.67. The lowest BCUT2D eigenvalue weighted by molar-refractivity contribution is 0.514. The van der Waals surface area contributed by atoms with Crippen molar-refractivity contribution < 1.29 is 4.39 Å². The summed E-state index contributed by atoms with van der Waals surface area (Å²) < 4.78 is 14.0. The Morgan fingerprint density at radius 3 is 2.89 bits per heavy atom. The maximum Gasteiger partial charge on any atom is 0.145 e. The molecular weight excluding hydrogens is 281 g/mol. The predicted octanol–water partition coefficient (Wildman–Crippen LogP) is 4.82. The molecular formula is C15H17ClFNS. The van der Waals surface area contributed by atoms with Crippen LogP contribution in [0.5, 0.6) is 0 Å². The molecule has 0 bridgehead atoms. The number of hydrogen-bond acceptors (Lipinski definition) is 2. The molecule has 1 unspecified atom stereocenters. The van der Waals surface area contributed by atoms with E-state index < -0.39 is 0 Å². The van der Waals surface area contributed by atoms with Crippen LogP contribution in [-0.2, 0) is 6.42 Å². The number of thiophene rings is 1. The summed E-state index contributed by atoms with van der Waals surface area (Å²) in [5, 5.41) is 7.81. The van der Waals surface area contributed by atoms with Crippen LogP contribution in [0.2, 0.25) is 5.02 Å². The van der Waals surface area contributed by atoms with Crippen molar-refractivity contribution in [2.45, 2.75) is 25.8 Å². The van der Waals surface area contributed by atoms with Crippen molar-refractivity contribution >= 4 is 22.9 Å². The Balaban J connectivity index is 2.18. The van der Waals surface area contributed by atoms with E-state index in [9.17, 15) is 4.39 Å². The molecule has 0 saturated heterocycles. The van der Waals surface area contributed by atoms with Gasteiger partial charge in [-0.05, 0) is 53.4 Å². The van der Waals surface area contributed by atoms with Crippen molar-refractivity contribution in [1.82, 2.24) is 5.32 Å². The second-order valence-electron chi connectivity index (χ2n) is 4.48. The maximum atomic E-state index is 14.0. The summed E-state index contributed by atoms with van der Waals surface area (Å²) in [4.78, 5) is 0. The summed E-state index contributed by atoms with van der Waals surface area (Å²) in [6, 6.07) is 7.40. The van der Waals surface area contributed by atoms with Gasteiger partial charge in [0.2, 0.25) is 0 Å². The summed E-state index contributed by atoms with van der Waals surface area (Å²) in [6.45, 7) is 3.04. The fourth-order valence-corrected chi connectivity index (χ4v) is 2.93. The van der Waals surface area contributed by atoms with Crippen molar-refractivity contribution in [3.8, 4) is 0 Å². The van der Waals surface area contributed by atoms with Gasteiger partial charge < -0.3 is 5.32 Å². The molecule has 0 saturated carbocycles. The third-order valence-corrected chi connectivity index (χ3v) is 4.04. The number of halogens is 2. The fraction of sp³-hybridized carbons (Fsp3) is 0.333. The first-order valence-corrected chi connectivity index (χ1v) is 7.72. The van der Waals surface area contributed by atoms with Crippen LogP contribution < -0.4 is 5.32 Å². The minimum atomic E-state index is -0.303. The van der Waals surface area contributed by atoms with Crippen molar-refractivity contribution in [3.63, 3.8) is 0 Å². The van der Waals surface area contributed by atoms with Crippen LogP contribution in [0.15, 0.2) is 35.0 Å². The lowest BCUT2D eigenvalue weighted by atomic mass is 10.0. The maximum absolute atomic E-state index is 14.0. The topological polar surface area (TPSA) is 12.0 Å². The third kappa shape index (κ3) is 3.78. The first-order chi connectivity index (χ1) is 9.22. The van der Waals surface area contributed by atoms with Gasteiger partial charge in [0.15, 0.2) is 0 Å². The normalized spacial score (nSPS) is 12.6. The Kier molecular flexibility index (Phi) is 5.37. The molecule has 1 aromatic heterocycles. The van der Waals surface area contributed by atoms with E-state index in [1.165, 1.54) is 5.56 Å². The van der Waals surface area contributed by atoms with Gasteiger partial charge in [-0.25, -0.2) is 4.39 Å². The van der Waals surface area contributed by atoms with Gasteiger partial charge in [-0.3, -0.25) is 0 Å². The highest BCUT2D eigenvalue weighted by Gasteiger charge is 2.15. The zero-order valence-corrected chi connectivity index (χ0v) is 12.4. The van der Waals surface area contributed by atoms with E-state index in [0.29, 0.717) is 12.0 Å². The molecule has 0 spiro atoms. The molecule has 19 heavy (non-hydrogen) atoms. The number of benzene rings is 1. The average molecular weight is 298 g/mol. The molecule has 2 aromatic rings. The molecule has 1 N–H and O–H groups in total. The number of nitrogens with one attached hydrogen (secondary N) is 1. The molecule has 0 aliphatic heterocycles. The molecule has 102 valence electrons. The second kappa shape index (κ2) is 7.04. The summed E-state index contributed by atoms with van der Waals surface area (Å²) in [5.41, 5.74) is 1.87. The lowest BCUT2D eigenvalue weighted by Gasteiger charge is -2.18. The molecule has 0 aliphatic rings. The highest BCUT2D eigenvalue weighted by molar-refractivity contribution is 7.07. The van der Waals surface area contributed by atoms with Gasteiger partial charge in [0.05, 0.1) is 5.02 Å². The zero-order valence-electron chi connectivity index (χ0n) is 10.8. The van der Waals surface area contributed by atoms with E-state index in [1.54, 1.807) is 29.5 Å². The van der Waals surface area contributed by atoms with Crippen LogP contribution in [0, 0.1) is 5.82 Å². The van der Waals surface area contributed by atoms with Gasteiger partial charge in [-0.1, -0.05) is 30.7 Å². The Morgan fingerprint density at radius 1 is 1.37 bits per heavy atom. The fourth-order valence-electron chi connectivity index (χ4n) is 2.03. The first kappa shape index (κ1) is 14.5. The van der Waals surface area contributed by atoms with Crippen LogP contribution in [0.1, 0.15) is 30.5 Å². The molecule has 1 nitrogen and oxygen atoms in total. The number of rotatable bonds is 6. The quantitative estimate of drug-likeness (QED) is 0.806. The average Bonchev–Trinajstić information content (AvgIpc) is 2.93. The van der Waals surface area contributed by atoms with Crippen LogP contribution in [0.4, 0.5) is 4.39 Å².